The van der Waals surface area contributed by atoms with E-state index in [0.29, 0.717) is 5.11 Å². The number of ether oxygens (including phenoxy) is 1. The van der Waals surface area contributed by atoms with Crippen molar-refractivity contribution in [2.24, 2.45) is 0 Å². The molecule has 3 rings (SSSR count). The van der Waals surface area contributed by atoms with Gasteiger partial charge < -0.3 is 20.3 Å². The smallest absolute Gasteiger partial charge is 0.171 e. The lowest BCUT2D eigenvalue weighted by atomic mass is 10.1. The lowest BCUT2D eigenvalue weighted by Gasteiger charge is -2.20. The Bertz CT molecular complexity index is 694. The van der Waals surface area contributed by atoms with E-state index in [-0.39, 0.29) is 6.04 Å². The molecule has 0 bridgehead atoms. The van der Waals surface area contributed by atoms with Crippen LogP contribution in [0.5, 0.6) is 5.75 Å². The summed E-state index contributed by atoms with van der Waals surface area (Å²) in [4.78, 5) is 2.44. The third kappa shape index (κ3) is 4.63. The van der Waals surface area contributed by atoms with Crippen LogP contribution in [-0.4, -0.2) is 25.3 Å². The van der Waals surface area contributed by atoms with Crippen molar-refractivity contribution in [3.05, 3.63) is 54.1 Å². The lowest BCUT2D eigenvalue weighted by molar-refractivity contribution is 0.415. The Kier molecular flexibility index (Phi) is 5.76. The van der Waals surface area contributed by atoms with Crippen molar-refractivity contribution >= 4 is 28.7 Å². The van der Waals surface area contributed by atoms with Crippen LogP contribution in [0.1, 0.15) is 31.4 Å². The molecule has 2 aromatic rings. The van der Waals surface area contributed by atoms with E-state index in [0.717, 1.165) is 11.4 Å². The summed E-state index contributed by atoms with van der Waals surface area (Å²) in [5, 5.41) is 7.16. The molecule has 0 radical (unpaired) electrons. The van der Waals surface area contributed by atoms with Crippen LogP contribution >= 0.6 is 12.2 Å². The first-order chi connectivity index (χ1) is 12.2. The van der Waals surface area contributed by atoms with Gasteiger partial charge in [0.25, 0.3) is 0 Å². The predicted molar refractivity (Wildman–Crippen MR) is 109 cm³/mol. The molecular weight excluding hydrogens is 330 g/mol. The average molecular weight is 356 g/mol. The quantitative estimate of drug-likeness (QED) is 0.780. The molecule has 1 saturated heterocycles. The van der Waals surface area contributed by atoms with Gasteiger partial charge in [-0.15, -0.1) is 0 Å². The van der Waals surface area contributed by atoms with E-state index < -0.39 is 0 Å². The minimum atomic E-state index is 0.144. The second kappa shape index (κ2) is 8.21. The highest BCUT2D eigenvalue weighted by molar-refractivity contribution is 7.80. The third-order valence-corrected chi connectivity index (χ3v) is 4.78. The van der Waals surface area contributed by atoms with Gasteiger partial charge >= 0.3 is 0 Å². The first kappa shape index (κ1) is 17.5. The molecule has 1 aliphatic heterocycles. The number of benzene rings is 2. The maximum atomic E-state index is 5.42. The van der Waals surface area contributed by atoms with E-state index in [9.17, 15) is 0 Å². The van der Waals surface area contributed by atoms with E-state index in [4.69, 9.17) is 17.0 Å². The van der Waals surface area contributed by atoms with Crippen LogP contribution in [0, 0.1) is 0 Å². The normalized spacial score (nSPS) is 14.9. The third-order valence-electron chi connectivity index (χ3n) is 4.56. The van der Waals surface area contributed by atoms with E-state index in [1.165, 1.54) is 37.2 Å². The molecule has 0 unspecified atom stereocenters. The van der Waals surface area contributed by atoms with Crippen LogP contribution in [0.3, 0.4) is 0 Å². The highest BCUT2D eigenvalue weighted by atomic mass is 32.1. The molecule has 1 atom stereocenters. The van der Waals surface area contributed by atoms with Crippen molar-refractivity contribution in [2.45, 2.75) is 25.8 Å². The van der Waals surface area contributed by atoms with Crippen molar-refractivity contribution < 1.29 is 4.74 Å². The molecule has 25 heavy (non-hydrogen) atoms. The Morgan fingerprint density at radius 3 is 2.28 bits per heavy atom. The summed E-state index contributed by atoms with van der Waals surface area (Å²) in [5.41, 5.74) is 3.48. The van der Waals surface area contributed by atoms with Gasteiger partial charge in [0.2, 0.25) is 0 Å². The Morgan fingerprint density at radius 1 is 1.04 bits per heavy atom. The molecule has 1 fully saturated rings. The number of nitrogens with zero attached hydrogens (tertiary/aromatic N) is 1. The zero-order chi connectivity index (χ0) is 17.6. The Labute approximate surface area is 155 Å². The number of rotatable bonds is 5. The van der Waals surface area contributed by atoms with Gasteiger partial charge in [0.1, 0.15) is 5.75 Å². The molecule has 0 aliphatic carbocycles. The molecule has 2 aromatic carbocycles. The van der Waals surface area contributed by atoms with Crippen LogP contribution in [0.15, 0.2) is 48.5 Å². The molecule has 4 nitrogen and oxygen atoms in total. The van der Waals surface area contributed by atoms with Gasteiger partial charge in [0.05, 0.1) is 13.2 Å². The minimum absolute atomic E-state index is 0.144. The lowest BCUT2D eigenvalue weighted by Crippen LogP contribution is -2.30. The van der Waals surface area contributed by atoms with Gasteiger partial charge in [-0.2, -0.15) is 0 Å². The molecule has 5 heteroatoms. The first-order valence-corrected chi connectivity index (χ1v) is 9.13. The Morgan fingerprint density at radius 2 is 1.68 bits per heavy atom. The van der Waals surface area contributed by atoms with E-state index in [1.807, 2.05) is 24.3 Å². The second-order valence-corrected chi connectivity index (χ2v) is 6.74. The molecule has 2 N–H and O–H groups in total. The summed E-state index contributed by atoms with van der Waals surface area (Å²) in [6, 6.07) is 16.6. The Hall–Kier alpha value is -2.27. The van der Waals surface area contributed by atoms with Crippen molar-refractivity contribution in [1.82, 2.24) is 5.32 Å². The predicted octanol–water partition coefficient (Wildman–Crippen LogP) is 4.34. The summed E-state index contributed by atoms with van der Waals surface area (Å²) >= 11 is 5.42. The number of hydrogen-bond donors (Lipinski definition) is 2. The molecular formula is C20H25N3OS. The Balaban J connectivity index is 1.55. The van der Waals surface area contributed by atoms with Gasteiger partial charge in [-0.25, -0.2) is 0 Å². The average Bonchev–Trinajstić information content (AvgIpc) is 3.17. The fourth-order valence-electron chi connectivity index (χ4n) is 3.07. The minimum Gasteiger partial charge on any atom is -0.497 e. The first-order valence-electron chi connectivity index (χ1n) is 8.72. The van der Waals surface area contributed by atoms with Crippen molar-refractivity contribution in [3.63, 3.8) is 0 Å². The number of hydrogen-bond acceptors (Lipinski definition) is 3. The molecule has 0 aromatic heterocycles. The highest BCUT2D eigenvalue weighted by Crippen LogP contribution is 2.23. The molecule has 0 spiro atoms. The number of thiocarbonyl (C=S) groups is 1. The zero-order valence-electron chi connectivity index (χ0n) is 14.8. The van der Waals surface area contributed by atoms with Gasteiger partial charge in [-0.1, -0.05) is 12.1 Å². The zero-order valence-corrected chi connectivity index (χ0v) is 15.6. The molecule has 1 heterocycles. The molecule has 132 valence electrons. The fraction of sp³-hybridized carbons (Fsp3) is 0.350. The summed E-state index contributed by atoms with van der Waals surface area (Å²) in [5.74, 6) is 0.830. The van der Waals surface area contributed by atoms with Crippen LogP contribution < -0.4 is 20.3 Å². The van der Waals surface area contributed by atoms with Crippen LogP contribution in [0.2, 0.25) is 0 Å². The largest absolute Gasteiger partial charge is 0.497 e. The van der Waals surface area contributed by atoms with Crippen molar-refractivity contribution in [3.8, 4) is 5.75 Å². The summed E-state index contributed by atoms with van der Waals surface area (Å²) in [6.45, 7) is 4.46. The topological polar surface area (TPSA) is 36.5 Å². The van der Waals surface area contributed by atoms with E-state index >= 15 is 0 Å². The SMILES string of the molecule is COc1ccc(NC(=S)N[C@H](C)c2ccc(N3CCCC3)cc2)cc1. The van der Waals surface area contributed by atoms with Crippen LogP contribution in [0.25, 0.3) is 0 Å². The van der Waals surface area contributed by atoms with E-state index in [1.54, 1.807) is 7.11 Å². The number of anilines is 2. The fourth-order valence-corrected chi connectivity index (χ4v) is 3.37. The molecule has 1 aliphatic rings. The standard InChI is InChI=1S/C20H25N3OS/c1-15(16-5-9-18(10-6-16)23-13-3-4-14-23)21-20(25)22-17-7-11-19(24-2)12-8-17/h5-12,15H,3-4,13-14H2,1-2H3,(H2,21,22,25)/t15-/m1/s1. The second-order valence-electron chi connectivity index (χ2n) is 6.33. The number of nitrogens with one attached hydrogen (secondary N) is 2. The van der Waals surface area contributed by atoms with Crippen LogP contribution in [0.4, 0.5) is 11.4 Å². The summed E-state index contributed by atoms with van der Waals surface area (Å²) < 4.78 is 5.16. The monoisotopic (exact) mass is 355 g/mol. The van der Waals surface area contributed by atoms with Crippen LogP contribution in [-0.2, 0) is 0 Å². The van der Waals surface area contributed by atoms with Crippen molar-refractivity contribution in [1.29, 1.82) is 0 Å². The highest BCUT2D eigenvalue weighted by Gasteiger charge is 2.13. The van der Waals surface area contributed by atoms with Crippen molar-refractivity contribution in [2.75, 3.05) is 30.4 Å². The van der Waals surface area contributed by atoms with E-state index in [2.05, 4.69) is 46.7 Å². The van der Waals surface area contributed by atoms with Gasteiger partial charge in [0, 0.05) is 24.5 Å². The molecule has 0 amide bonds. The van der Waals surface area contributed by atoms with Gasteiger partial charge in [0.15, 0.2) is 5.11 Å². The van der Waals surface area contributed by atoms with Gasteiger partial charge in [-0.05, 0) is 73.9 Å². The molecule has 0 saturated carbocycles. The maximum absolute atomic E-state index is 5.42. The summed E-state index contributed by atoms with van der Waals surface area (Å²) in [6.07, 6.45) is 2.59. The maximum Gasteiger partial charge on any atom is 0.171 e. The number of methoxy groups -OCH3 is 1. The van der Waals surface area contributed by atoms with Gasteiger partial charge in [-0.3, -0.25) is 0 Å². The summed E-state index contributed by atoms with van der Waals surface area (Å²) in [7, 11) is 1.66.